The van der Waals surface area contributed by atoms with Crippen molar-refractivity contribution in [1.29, 1.82) is 0 Å². The summed E-state index contributed by atoms with van der Waals surface area (Å²) < 4.78 is 0. The summed E-state index contributed by atoms with van der Waals surface area (Å²) in [5, 5.41) is 5.54. The van der Waals surface area contributed by atoms with Gasteiger partial charge < -0.3 is 15.5 Å². The molecule has 6 heteroatoms. The maximum atomic E-state index is 12.4. The molecule has 1 fully saturated rings. The average molecular weight is 323 g/mol. The smallest absolute Gasteiger partial charge is 0.315 e. The Hall–Kier alpha value is -1.56. The third-order valence-corrected chi connectivity index (χ3v) is 5.02. The Kier molecular flexibility index (Phi) is 5.83. The quantitative estimate of drug-likeness (QED) is 0.895. The van der Waals surface area contributed by atoms with Crippen molar-refractivity contribution >= 4 is 23.3 Å². The van der Waals surface area contributed by atoms with Gasteiger partial charge >= 0.3 is 6.03 Å². The topological polar surface area (TPSA) is 61.4 Å². The van der Waals surface area contributed by atoms with Crippen LogP contribution in [0.2, 0.25) is 0 Å². The number of thiophene rings is 1. The number of hydrogen-bond donors (Lipinski definition) is 2. The number of piperidine rings is 1. The number of nitrogens with zero attached hydrogens (tertiary/aromatic N) is 1. The van der Waals surface area contributed by atoms with Crippen molar-refractivity contribution in [2.24, 2.45) is 0 Å². The Labute approximate surface area is 136 Å². The fourth-order valence-electron chi connectivity index (χ4n) is 2.73. The van der Waals surface area contributed by atoms with Gasteiger partial charge in [0.15, 0.2) is 0 Å². The molecule has 0 aromatic carbocycles. The second-order valence-corrected chi connectivity index (χ2v) is 7.31. The zero-order valence-electron chi connectivity index (χ0n) is 13.5. The summed E-state index contributed by atoms with van der Waals surface area (Å²) in [4.78, 5) is 28.5. The molecule has 0 spiro atoms. The highest BCUT2D eigenvalue weighted by atomic mass is 32.1. The number of nitrogens with one attached hydrogen (secondary N) is 2. The second-order valence-electron chi connectivity index (χ2n) is 5.94. The lowest BCUT2D eigenvalue weighted by Gasteiger charge is -2.35. The van der Waals surface area contributed by atoms with Crippen molar-refractivity contribution in [3.05, 3.63) is 21.9 Å². The van der Waals surface area contributed by atoms with E-state index in [1.165, 1.54) is 11.3 Å². The first kappa shape index (κ1) is 16.8. The molecule has 0 saturated carbocycles. The number of carbonyl (C=O) groups excluding carboxylic acids is 2. The van der Waals surface area contributed by atoms with Crippen molar-refractivity contribution in [2.75, 3.05) is 6.54 Å². The van der Waals surface area contributed by atoms with E-state index >= 15 is 0 Å². The molecule has 1 aromatic rings. The summed E-state index contributed by atoms with van der Waals surface area (Å²) in [5.41, 5.74) is 0. The van der Waals surface area contributed by atoms with Gasteiger partial charge in [0.05, 0.1) is 6.54 Å². The van der Waals surface area contributed by atoms with Crippen LogP contribution in [0, 0.1) is 6.92 Å². The maximum absolute atomic E-state index is 12.4. The fraction of sp³-hybridized carbons (Fsp3) is 0.625. The van der Waals surface area contributed by atoms with Crippen LogP contribution in [0.1, 0.15) is 42.9 Å². The highest BCUT2D eigenvalue weighted by molar-refractivity contribution is 7.11. The predicted molar refractivity (Wildman–Crippen MR) is 88.9 cm³/mol. The first-order valence-electron chi connectivity index (χ1n) is 7.87. The molecule has 1 aliphatic heterocycles. The van der Waals surface area contributed by atoms with Gasteiger partial charge in [-0.15, -0.1) is 11.3 Å². The van der Waals surface area contributed by atoms with Crippen LogP contribution in [0.5, 0.6) is 0 Å². The summed E-state index contributed by atoms with van der Waals surface area (Å²) in [5.74, 6) is 0.00863. The molecule has 2 atom stereocenters. The number of aryl methyl sites for hydroxylation is 1. The average Bonchev–Trinajstić information content (AvgIpc) is 2.90. The molecule has 0 bridgehead atoms. The standard InChI is InChI=1S/C16H25N3O2S/c1-11-6-4-5-9-19(11)15(20)13(3)18-16(21)17-10-14-8-7-12(2)22-14/h7-8,11,13H,4-6,9-10H2,1-3H3,(H2,17,18,21)/t11-,13+/m1/s1. The summed E-state index contributed by atoms with van der Waals surface area (Å²) >= 11 is 1.66. The largest absolute Gasteiger partial charge is 0.338 e. The van der Waals surface area contributed by atoms with E-state index in [0.717, 1.165) is 24.3 Å². The van der Waals surface area contributed by atoms with Crippen LogP contribution in [0.25, 0.3) is 0 Å². The van der Waals surface area contributed by atoms with E-state index in [4.69, 9.17) is 0 Å². The molecule has 0 unspecified atom stereocenters. The van der Waals surface area contributed by atoms with E-state index in [1.807, 2.05) is 24.0 Å². The van der Waals surface area contributed by atoms with Gasteiger partial charge in [-0.2, -0.15) is 0 Å². The van der Waals surface area contributed by atoms with E-state index in [-0.39, 0.29) is 18.0 Å². The fourth-order valence-corrected chi connectivity index (χ4v) is 3.56. The Balaban J connectivity index is 1.78. The van der Waals surface area contributed by atoms with Crippen LogP contribution in [-0.4, -0.2) is 35.5 Å². The second kappa shape index (κ2) is 7.63. The molecule has 1 saturated heterocycles. The van der Waals surface area contributed by atoms with Crippen LogP contribution in [-0.2, 0) is 11.3 Å². The molecule has 2 heterocycles. The first-order valence-corrected chi connectivity index (χ1v) is 8.69. The van der Waals surface area contributed by atoms with Gasteiger partial charge in [0, 0.05) is 22.3 Å². The minimum atomic E-state index is -0.495. The molecule has 0 radical (unpaired) electrons. The van der Waals surface area contributed by atoms with Crippen molar-refractivity contribution in [2.45, 2.75) is 58.7 Å². The molecular weight excluding hydrogens is 298 g/mol. The van der Waals surface area contributed by atoms with E-state index in [0.29, 0.717) is 6.54 Å². The van der Waals surface area contributed by atoms with Crippen LogP contribution >= 0.6 is 11.3 Å². The van der Waals surface area contributed by atoms with E-state index in [2.05, 4.69) is 17.6 Å². The normalized spacial score (nSPS) is 19.6. The molecule has 2 N–H and O–H groups in total. The molecule has 22 heavy (non-hydrogen) atoms. The SMILES string of the molecule is Cc1ccc(CNC(=O)N[C@@H](C)C(=O)N2CCCC[C@H]2C)s1. The Morgan fingerprint density at radius 1 is 1.41 bits per heavy atom. The van der Waals surface area contributed by atoms with Gasteiger partial charge in [-0.25, -0.2) is 4.79 Å². The summed E-state index contributed by atoms with van der Waals surface area (Å²) in [6, 6.07) is 3.51. The summed E-state index contributed by atoms with van der Waals surface area (Å²) in [6.07, 6.45) is 3.27. The number of likely N-dealkylation sites (tertiary alicyclic amines) is 1. The zero-order valence-corrected chi connectivity index (χ0v) is 14.3. The minimum absolute atomic E-state index is 0.00863. The third kappa shape index (κ3) is 4.47. The van der Waals surface area contributed by atoms with Crippen LogP contribution in [0.3, 0.4) is 0 Å². The Bertz CT molecular complexity index is 529. The zero-order chi connectivity index (χ0) is 16.1. The predicted octanol–water partition coefficient (Wildman–Crippen LogP) is 2.65. The van der Waals surface area contributed by atoms with Gasteiger partial charge in [-0.3, -0.25) is 4.79 Å². The summed E-state index contributed by atoms with van der Waals surface area (Å²) in [7, 11) is 0. The number of amides is 3. The first-order chi connectivity index (χ1) is 10.5. The molecular formula is C16H25N3O2S. The van der Waals surface area contributed by atoms with Gasteiger partial charge in [-0.1, -0.05) is 0 Å². The number of carbonyl (C=O) groups is 2. The van der Waals surface area contributed by atoms with Crippen molar-refractivity contribution in [3.8, 4) is 0 Å². The van der Waals surface area contributed by atoms with Gasteiger partial charge in [0.1, 0.15) is 6.04 Å². The van der Waals surface area contributed by atoms with Crippen LogP contribution < -0.4 is 10.6 Å². The maximum Gasteiger partial charge on any atom is 0.315 e. The van der Waals surface area contributed by atoms with Crippen molar-refractivity contribution in [3.63, 3.8) is 0 Å². The van der Waals surface area contributed by atoms with Crippen LogP contribution in [0.4, 0.5) is 4.79 Å². The van der Waals surface area contributed by atoms with Crippen LogP contribution in [0.15, 0.2) is 12.1 Å². The molecule has 5 nitrogen and oxygen atoms in total. The van der Waals surface area contributed by atoms with Gasteiger partial charge in [-0.05, 0) is 52.2 Å². The van der Waals surface area contributed by atoms with E-state index < -0.39 is 6.04 Å². The number of rotatable bonds is 4. The lowest BCUT2D eigenvalue weighted by atomic mass is 10.0. The van der Waals surface area contributed by atoms with Crippen molar-refractivity contribution in [1.82, 2.24) is 15.5 Å². The van der Waals surface area contributed by atoms with Crippen molar-refractivity contribution < 1.29 is 9.59 Å². The minimum Gasteiger partial charge on any atom is -0.338 e. The van der Waals surface area contributed by atoms with Gasteiger partial charge in [0.2, 0.25) is 5.91 Å². The molecule has 0 aliphatic carbocycles. The lowest BCUT2D eigenvalue weighted by Crippen LogP contribution is -2.53. The third-order valence-electron chi connectivity index (χ3n) is 4.02. The highest BCUT2D eigenvalue weighted by Crippen LogP contribution is 2.17. The Morgan fingerprint density at radius 3 is 2.82 bits per heavy atom. The molecule has 3 amide bonds. The highest BCUT2D eigenvalue weighted by Gasteiger charge is 2.27. The molecule has 2 rings (SSSR count). The lowest BCUT2D eigenvalue weighted by molar-refractivity contribution is -0.136. The molecule has 1 aliphatic rings. The van der Waals surface area contributed by atoms with E-state index in [1.54, 1.807) is 18.3 Å². The monoisotopic (exact) mass is 323 g/mol. The Morgan fingerprint density at radius 2 is 2.18 bits per heavy atom. The summed E-state index contributed by atoms with van der Waals surface area (Å²) in [6.45, 7) is 7.14. The number of urea groups is 1. The van der Waals surface area contributed by atoms with E-state index in [9.17, 15) is 9.59 Å². The molecule has 122 valence electrons. The number of hydrogen-bond acceptors (Lipinski definition) is 3. The van der Waals surface area contributed by atoms with Gasteiger partial charge in [0.25, 0.3) is 0 Å². The molecule has 1 aromatic heterocycles.